The van der Waals surface area contributed by atoms with Crippen LogP contribution in [0.2, 0.25) is 0 Å². The third-order valence-electron chi connectivity index (χ3n) is 1.64. The number of ether oxygens (including phenoxy) is 2. The molecule has 2 N–H and O–H groups in total. The van der Waals surface area contributed by atoms with E-state index in [1.54, 1.807) is 20.8 Å². The number of aliphatic carboxylic acids is 1. The number of amides is 1. The molecule has 0 saturated carbocycles. The van der Waals surface area contributed by atoms with Gasteiger partial charge in [0.2, 0.25) is 0 Å². The fourth-order valence-corrected chi connectivity index (χ4v) is 1.78. The molecule has 0 aromatic rings. The summed E-state index contributed by atoms with van der Waals surface area (Å²) in [7, 11) is 0. The molecule has 0 aromatic carbocycles. The van der Waals surface area contributed by atoms with Crippen LogP contribution in [0.5, 0.6) is 0 Å². The van der Waals surface area contributed by atoms with E-state index in [4.69, 9.17) is 14.6 Å². The number of hydrogen-bond donors (Lipinski definition) is 2. The first-order valence-corrected chi connectivity index (χ1v) is 6.79. The quantitative estimate of drug-likeness (QED) is 0.545. The standard InChI is InChI=1S/C11H21NO5S/c1-5-16-7-18-6-8(9(13)14)12-10(15)17-11(2,3)4/h8H,5-7H2,1-4H3,(H,12,15)(H,13,14). The van der Waals surface area contributed by atoms with Gasteiger partial charge >= 0.3 is 12.1 Å². The Labute approximate surface area is 111 Å². The van der Waals surface area contributed by atoms with Crippen LogP contribution in [0.25, 0.3) is 0 Å². The zero-order valence-electron chi connectivity index (χ0n) is 11.2. The van der Waals surface area contributed by atoms with Gasteiger partial charge in [-0.05, 0) is 27.7 Å². The smallest absolute Gasteiger partial charge is 0.408 e. The summed E-state index contributed by atoms with van der Waals surface area (Å²) in [5.74, 6) is -0.463. The van der Waals surface area contributed by atoms with Crippen LogP contribution in [0, 0.1) is 0 Å². The highest BCUT2D eigenvalue weighted by molar-refractivity contribution is 7.99. The Bertz CT molecular complexity index is 277. The third kappa shape index (κ3) is 9.12. The Morgan fingerprint density at radius 2 is 2.00 bits per heavy atom. The summed E-state index contributed by atoms with van der Waals surface area (Å²) in [5.41, 5.74) is -0.647. The second-order valence-corrected chi connectivity index (χ2v) is 5.50. The topological polar surface area (TPSA) is 84.9 Å². The lowest BCUT2D eigenvalue weighted by atomic mass is 10.2. The Balaban J connectivity index is 4.11. The summed E-state index contributed by atoms with van der Waals surface area (Å²) in [6, 6.07) is -0.981. The molecule has 0 aliphatic heterocycles. The van der Waals surface area contributed by atoms with E-state index < -0.39 is 23.7 Å². The molecule has 0 heterocycles. The molecular formula is C11H21NO5S. The van der Waals surface area contributed by atoms with E-state index in [1.165, 1.54) is 11.8 Å². The lowest BCUT2D eigenvalue weighted by molar-refractivity contribution is -0.138. The fourth-order valence-electron chi connectivity index (χ4n) is 0.933. The molecule has 0 bridgehead atoms. The number of hydrogen-bond acceptors (Lipinski definition) is 5. The summed E-state index contributed by atoms with van der Waals surface area (Å²) in [5, 5.41) is 11.3. The average Bonchev–Trinajstić information content (AvgIpc) is 2.19. The van der Waals surface area contributed by atoms with Gasteiger partial charge in [0, 0.05) is 12.4 Å². The molecule has 0 fully saturated rings. The van der Waals surface area contributed by atoms with Crippen LogP contribution < -0.4 is 5.32 Å². The molecule has 0 aromatic heterocycles. The number of carboxylic acids is 1. The average molecular weight is 279 g/mol. The molecule has 0 aliphatic carbocycles. The normalized spacial score (nSPS) is 12.9. The Morgan fingerprint density at radius 1 is 1.39 bits per heavy atom. The van der Waals surface area contributed by atoms with Gasteiger partial charge in [-0.25, -0.2) is 9.59 Å². The predicted molar refractivity (Wildman–Crippen MR) is 69.7 cm³/mol. The summed E-state index contributed by atoms with van der Waals surface area (Å²) in [6.07, 6.45) is -0.730. The van der Waals surface area contributed by atoms with Crippen molar-refractivity contribution in [3.05, 3.63) is 0 Å². The number of carbonyl (C=O) groups is 2. The minimum absolute atomic E-state index is 0.231. The van der Waals surface area contributed by atoms with E-state index in [9.17, 15) is 9.59 Å². The molecule has 1 unspecified atom stereocenters. The maximum Gasteiger partial charge on any atom is 0.408 e. The zero-order valence-corrected chi connectivity index (χ0v) is 12.0. The lowest BCUT2D eigenvalue weighted by Gasteiger charge is -2.21. The Kier molecular flexibility index (Phi) is 7.77. The molecule has 0 saturated heterocycles. The SMILES string of the molecule is CCOCSCC(NC(=O)OC(C)(C)C)C(=O)O. The molecule has 106 valence electrons. The molecule has 0 radical (unpaired) electrons. The highest BCUT2D eigenvalue weighted by Gasteiger charge is 2.23. The monoisotopic (exact) mass is 279 g/mol. The Hall–Kier alpha value is -0.950. The number of carbonyl (C=O) groups excluding carboxylic acids is 1. The maximum atomic E-state index is 11.4. The van der Waals surface area contributed by atoms with Gasteiger partial charge < -0.3 is 19.9 Å². The molecular weight excluding hydrogens is 258 g/mol. The number of rotatable bonds is 7. The van der Waals surface area contributed by atoms with E-state index in [1.807, 2.05) is 6.92 Å². The highest BCUT2D eigenvalue weighted by atomic mass is 32.2. The maximum absolute atomic E-state index is 11.4. The van der Waals surface area contributed by atoms with Gasteiger partial charge in [-0.3, -0.25) is 0 Å². The predicted octanol–water partition coefficient (Wildman–Crippen LogP) is 1.69. The molecule has 18 heavy (non-hydrogen) atoms. The number of thioether (sulfide) groups is 1. The first-order valence-electron chi connectivity index (χ1n) is 5.64. The number of carboxylic acid groups (broad SMARTS) is 1. The molecule has 0 rings (SSSR count). The minimum Gasteiger partial charge on any atom is -0.480 e. The van der Waals surface area contributed by atoms with E-state index in [-0.39, 0.29) is 5.75 Å². The van der Waals surface area contributed by atoms with Crippen molar-refractivity contribution in [2.75, 3.05) is 18.3 Å². The molecule has 1 atom stereocenters. The van der Waals surface area contributed by atoms with Crippen LogP contribution in [-0.2, 0) is 14.3 Å². The van der Waals surface area contributed by atoms with E-state index in [0.29, 0.717) is 12.5 Å². The summed E-state index contributed by atoms with van der Waals surface area (Å²) in [6.45, 7) is 7.57. The molecule has 0 spiro atoms. The van der Waals surface area contributed by atoms with E-state index in [0.717, 1.165) is 0 Å². The van der Waals surface area contributed by atoms with Crippen molar-refractivity contribution in [1.82, 2.24) is 5.32 Å². The van der Waals surface area contributed by atoms with E-state index in [2.05, 4.69) is 5.32 Å². The van der Waals surface area contributed by atoms with Gasteiger partial charge in [0.15, 0.2) is 0 Å². The van der Waals surface area contributed by atoms with Crippen molar-refractivity contribution in [2.24, 2.45) is 0 Å². The van der Waals surface area contributed by atoms with Crippen molar-refractivity contribution < 1.29 is 24.2 Å². The van der Waals surface area contributed by atoms with Crippen molar-refractivity contribution in [3.63, 3.8) is 0 Å². The van der Waals surface area contributed by atoms with Crippen molar-refractivity contribution in [2.45, 2.75) is 39.3 Å². The van der Waals surface area contributed by atoms with Gasteiger partial charge in [0.1, 0.15) is 11.6 Å². The highest BCUT2D eigenvalue weighted by Crippen LogP contribution is 2.08. The number of alkyl carbamates (subject to hydrolysis) is 1. The van der Waals surface area contributed by atoms with Crippen LogP contribution in [0.4, 0.5) is 4.79 Å². The molecule has 1 amide bonds. The minimum atomic E-state index is -1.09. The lowest BCUT2D eigenvalue weighted by Crippen LogP contribution is -2.45. The van der Waals surface area contributed by atoms with Crippen LogP contribution in [0.3, 0.4) is 0 Å². The number of nitrogens with one attached hydrogen (secondary N) is 1. The molecule has 7 heteroatoms. The van der Waals surface area contributed by atoms with Gasteiger partial charge in [0.25, 0.3) is 0 Å². The Morgan fingerprint density at radius 3 is 2.44 bits per heavy atom. The van der Waals surface area contributed by atoms with E-state index >= 15 is 0 Å². The van der Waals surface area contributed by atoms with Crippen molar-refractivity contribution in [3.8, 4) is 0 Å². The second-order valence-electron chi connectivity index (χ2n) is 4.52. The van der Waals surface area contributed by atoms with Gasteiger partial charge in [-0.2, -0.15) is 0 Å². The largest absolute Gasteiger partial charge is 0.480 e. The second kappa shape index (κ2) is 8.20. The van der Waals surface area contributed by atoms with Gasteiger partial charge in [0.05, 0.1) is 5.94 Å². The molecule has 0 aliphatic rings. The van der Waals surface area contributed by atoms with Crippen molar-refractivity contribution >= 4 is 23.8 Å². The summed E-state index contributed by atoms with van der Waals surface area (Å²) in [4.78, 5) is 22.4. The van der Waals surface area contributed by atoms with Crippen LogP contribution in [0.1, 0.15) is 27.7 Å². The first-order chi connectivity index (χ1) is 8.26. The van der Waals surface area contributed by atoms with Gasteiger partial charge in [-0.1, -0.05) is 0 Å². The van der Waals surface area contributed by atoms with Crippen LogP contribution in [-0.4, -0.2) is 47.1 Å². The third-order valence-corrected chi connectivity index (χ3v) is 2.55. The molecule has 6 nitrogen and oxygen atoms in total. The van der Waals surface area contributed by atoms with Gasteiger partial charge in [-0.15, -0.1) is 11.8 Å². The summed E-state index contributed by atoms with van der Waals surface area (Å²) < 4.78 is 10.1. The summed E-state index contributed by atoms with van der Waals surface area (Å²) >= 11 is 1.30. The zero-order chi connectivity index (χ0) is 14.2. The van der Waals surface area contributed by atoms with Crippen LogP contribution >= 0.6 is 11.8 Å². The fraction of sp³-hybridized carbons (Fsp3) is 0.818. The first kappa shape index (κ1) is 17.1. The van der Waals surface area contributed by atoms with Crippen molar-refractivity contribution in [1.29, 1.82) is 0 Å². The van der Waals surface area contributed by atoms with Crippen LogP contribution in [0.15, 0.2) is 0 Å².